The van der Waals surface area contributed by atoms with Gasteiger partial charge in [0.25, 0.3) is 0 Å². The smallest absolute Gasteiger partial charge is 0.407 e. The van der Waals surface area contributed by atoms with Crippen LogP contribution in [0.2, 0.25) is 5.02 Å². The highest BCUT2D eigenvalue weighted by atomic mass is 35.5. The Morgan fingerprint density at radius 1 is 1.03 bits per heavy atom. The Morgan fingerprint density at radius 3 is 2.20 bits per heavy atom. The predicted molar refractivity (Wildman–Crippen MR) is 131 cm³/mol. The van der Waals surface area contributed by atoms with Crippen LogP contribution < -0.4 is 10.5 Å². The van der Waals surface area contributed by atoms with Gasteiger partial charge < -0.3 is 20.3 Å². The number of sulfonamides is 1. The number of aliphatic hydroxyl groups is 2. The van der Waals surface area contributed by atoms with Crippen LogP contribution in [0.15, 0.2) is 71.6 Å². The van der Waals surface area contributed by atoms with E-state index in [4.69, 9.17) is 21.5 Å². The third-order valence-electron chi connectivity index (χ3n) is 6.02. The minimum absolute atomic E-state index is 0.0277. The molecule has 0 saturated heterocycles. The van der Waals surface area contributed by atoms with Gasteiger partial charge in [0.2, 0.25) is 10.0 Å². The maximum atomic E-state index is 12.3. The van der Waals surface area contributed by atoms with Gasteiger partial charge >= 0.3 is 6.09 Å². The van der Waals surface area contributed by atoms with Gasteiger partial charge in [-0.25, -0.2) is 18.4 Å². The molecule has 2 atom stereocenters. The highest BCUT2D eigenvalue weighted by Crippen LogP contribution is 2.44. The van der Waals surface area contributed by atoms with Crippen molar-refractivity contribution < 1.29 is 28.2 Å². The highest BCUT2D eigenvalue weighted by Gasteiger charge is 2.29. The summed E-state index contributed by atoms with van der Waals surface area (Å²) >= 11 is 5.94. The molecule has 1 amide bonds. The summed E-state index contributed by atoms with van der Waals surface area (Å²) in [5, 5.41) is 28.2. The molecule has 0 saturated carbocycles. The van der Waals surface area contributed by atoms with Crippen molar-refractivity contribution >= 4 is 27.7 Å². The molecule has 4 rings (SSSR count). The monoisotopic (exact) mass is 516 g/mol. The van der Waals surface area contributed by atoms with E-state index in [1.807, 2.05) is 36.4 Å². The van der Waals surface area contributed by atoms with Gasteiger partial charge in [0.1, 0.15) is 17.6 Å². The molecule has 5 N–H and O–H groups in total. The molecule has 0 aromatic heterocycles. The predicted octanol–water partition coefficient (Wildman–Crippen LogP) is 3.31. The average molecular weight is 517 g/mol. The summed E-state index contributed by atoms with van der Waals surface area (Å²) in [6.07, 6.45) is -3.18. The zero-order valence-corrected chi connectivity index (χ0v) is 20.2. The first-order valence-corrected chi connectivity index (χ1v) is 12.9. The molecule has 3 aromatic carbocycles. The first-order chi connectivity index (χ1) is 16.7. The number of primary sulfonamides is 1. The van der Waals surface area contributed by atoms with Crippen LogP contribution in [0.25, 0.3) is 11.1 Å². The lowest BCUT2D eigenvalue weighted by molar-refractivity contribution is 0.0136. The minimum Gasteiger partial charge on any atom is -0.449 e. The molecule has 8 nitrogen and oxygen atoms in total. The minimum atomic E-state index is -4.00. The van der Waals surface area contributed by atoms with Crippen LogP contribution in [0.5, 0.6) is 0 Å². The van der Waals surface area contributed by atoms with Gasteiger partial charge in [0.05, 0.1) is 11.1 Å². The van der Waals surface area contributed by atoms with Crippen LogP contribution in [-0.2, 0) is 14.8 Å². The number of hydrogen-bond donors (Lipinski definition) is 4. The molecular weight excluding hydrogens is 492 g/mol. The number of benzene rings is 3. The van der Waals surface area contributed by atoms with E-state index < -0.39 is 28.3 Å². The van der Waals surface area contributed by atoms with Crippen LogP contribution in [0, 0.1) is 0 Å². The molecule has 2 unspecified atom stereocenters. The highest BCUT2D eigenvalue weighted by molar-refractivity contribution is 7.89. The van der Waals surface area contributed by atoms with Gasteiger partial charge in [0.15, 0.2) is 0 Å². The van der Waals surface area contributed by atoms with Crippen LogP contribution in [0.3, 0.4) is 0 Å². The van der Waals surface area contributed by atoms with Crippen molar-refractivity contribution in [3.05, 3.63) is 88.4 Å². The summed E-state index contributed by atoms with van der Waals surface area (Å²) in [5.74, 6) is -0.0642. The lowest BCUT2D eigenvalue weighted by Gasteiger charge is -2.19. The van der Waals surface area contributed by atoms with E-state index in [2.05, 4.69) is 17.4 Å². The molecule has 0 aliphatic heterocycles. The fraction of sp³-hybridized carbons (Fsp3) is 0.240. The summed E-state index contributed by atoms with van der Waals surface area (Å²) in [6.45, 7) is 0.220. The fourth-order valence-electron chi connectivity index (χ4n) is 4.28. The van der Waals surface area contributed by atoms with E-state index in [0.29, 0.717) is 0 Å². The molecule has 0 radical (unpaired) electrons. The molecule has 35 heavy (non-hydrogen) atoms. The summed E-state index contributed by atoms with van der Waals surface area (Å²) in [4.78, 5) is 12.0. The average Bonchev–Trinajstić information content (AvgIpc) is 3.15. The second kappa shape index (κ2) is 10.3. The number of nitrogens with two attached hydrogens (primary N) is 1. The van der Waals surface area contributed by atoms with Crippen LogP contribution >= 0.6 is 11.6 Å². The number of carbonyl (C=O) groups excluding carboxylic acids is 1. The Kier molecular flexibility index (Phi) is 7.44. The van der Waals surface area contributed by atoms with E-state index in [-0.39, 0.29) is 41.0 Å². The van der Waals surface area contributed by atoms with E-state index >= 15 is 0 Å². The van der Waals surface area contributed by atoms with Crippen molar-refractivity contribution in [2.45, 2.75) is 29.4 Å². The third-order valence-corrected chi connectivity index (χ3v) is 7.42. The largest absolute Gasteiger partial charge is 0.449 e. The second-order valence-corrected chi connectivity index (χ2v) is 10.2. The molecule has 3 aromatic rings. The number of rotatable bonds is 8. The van der Waals surface area contributed by atoms with Gasteiger partial charge in [0, 0.05) is 12.5 Å². The summed E-state index contributed by atoms with van der Waals surface area (Å²) < 4.78 is 28.4. The number of hydrogen-bond acceptors (Lipinski definition) is 6. The van der Waals surface area contributed by atoms with Crippen molar-refractivity contribution in [2.75, 3.05) is 13.2 Å². The second-order valence-electron chi connectivity index (χ2n) is 8.29. The Bertz CT molecular complexity index is 1300. The lowest BCUT2D eigenvalue weighted by Crippen LogP contribution is -2.30. The molecular formula is C25H25ClN2O6S. The van der Waals surface area contributed by atoms with Crippen molar-refractivity contribution in [1.82, 2.24) is 5.32 Å². The Labute approximate surface area is 208 Å². The number of amides is 1. The van der Waals surface area contributed by atoms with E-state index in [9.17, 15) is 23.4 Å². The Morgan fingerprint density at radius 2 is 1.63 bits per heavy atom. The quantitative estimate of drug-likeness (QED) is 0.362. The SMILES string of the molecule is NS(=O)(=O)c1ccc(C(O)C(O)CCNC(=O)OCC2c3ccccc3-c3ccccc32)cc1Cl. The number of carbonyl (C=O) groups is 1. The van der Waals surface area contributed by atoms with E-state index in [0.717, 1.165) is 28.3 Å². The Hall–Kier alpha value is -2.95. The van der Waals surface area contributed by atoms with E-state index in [1.54, 1.807) is 0 Å². The standard InChI is InChI=1S/C25H25ClN2O6S/c26-21-13-15(9-10-23(21)35(27,32)33)24(30)22(29)11-12-28-25(31)34-14-20-18-7-3-1-5-16(18)17-6-2-4-8-19(17)20/h1-10,13,20,22,24,29-30H,11-12,14H2,(H,28,31)(H2,27,32,33). The fourth-order valence-corrected chi connectivity index (χ4v) is 5.38. The van der Waals surface area contributed by atoms with Gasteiger partial charge in [-0.1, -0.05) is 66.2 Å². The molecule has 1 aliphatic rings. The number of ether oxygens (including phenoxy) is 1. The molecule has 0 bridgehead atoms. The molecule has 0 fully saturated rings. The van der Waals surface area contributed by atoms with Crippen LogP contribution in [0.4, 0.5) is 4.79 Å². The number of aliphatic hydroxyl groups excluding tert-OH is 2. The van der Waals surface area contributed by atoms with Gasteiger partial charge in [-0.3, -0.25) is 0 Å². The number of fused-ring (bicyclic) bond motifs is 3. The Balaban J connectivity index is 1.29. The normalized spacial score (nSPS) is 14.6. The van der Waals surface area contributed by atoms with Crippen molar-refractivity contribution in [2.24, 2.45) is 5.14 Å². The van der Waals surface area contributed by atoms with Crippen LogP contribution in [-0.4, -0.2) is 44.0 Å². The van der Waals surface area contributed by atoms with Crippen LogP contribution in [0.1, 0.15) is 35.1 Å². The molecule has 1 aliphatic carbocycles. The number of halogens is 1. The number of nitrogens with one attached hydrogen (secondary N) is 1. The number of alkyl carbamates (subject to hydrolysis) is 1. The molecule has 0 spiro atoms. The maximum Gasteiger partial charge on any atom is 0.407 e. The zero-order valence-electron chi connectivity index (χ0n) is 18.6. The van der Waals surface area contributed by atoms with Crippen molar-refractivity contribution in [3.63, 3.8) is 0 Å². The zero-order chi connectivity index (χ0) is 25.2. The topological polar surface area (TPSA) is 139 Å². The summed E-state index contributed by atoms with van der Waals surface area (Å²) in [5.41, 5.74) is 4.69. The van der Waals surface area contributed by atoms with Crippen molar-refractivity contribution in [3.8, 4) is 11.1 Å². The van der Waals surface area contributed by atoms with E-state index in [1.165, 1.54) is 12.1 Å². The molecule has 184 valence electrons. The van der Waals surface area contributed by atoms with Gasteiger partial charge in [-0.15, -0.1) is 0 Å². The van der Waals surface area contributed by atoms with Gasteiger partial charge in [-0.2, -0.15) is 0 Å². The first-order valence-electron chi connectivity index (χ1n) is 10.9. The van der Waals surface area contributed by atoms with Gasteiger partial charge in [-0.05, 0) is 46.4 Å². The maximum absolute atomic E-state index is 12.3. The van der Waals surface area contributed by atoms with Crippen molar-refractivity contribution in [1.29, 1.82) is 0 Å². The summed E-state index contributed by atoms with van der Waals surface area (Å²) in [7, 11) is -4.00. The lowest BCUT2D eigenvalue weighted by atomic mass is 9.98. The summed E-state index contributed by atoms with van der Waals surface area (Å²) in [6, 6.07) is 19.8. The molecule has 10 heteroatoms. The first kappa shape index (κ1) is 25.2. The third kappa shape index (κ3) is 5.50. The molecule has 0 heterocycles.